The maximum Gasteiger partial charge on any atom is 0.355 e. The zero-order valence-corrected chi connectivity index (χ0v) is 13.9. The standard InChI is InChI=1S/C16H22NO4P/c1-3-7-21-16(20)14-12-9(5-4-6-10(12)18)13-11(8(2)22)15(19)17(13)14/h3,8-11,13,18H,1,4-7,22H2,2H3/t8-,9+,10-,11-,13-/m1/s1. The zero-order chi connectivity index (χ0) is 16.0. The fourth-order valence-corrected chi connectivity index (χ4v) is 4.49. The molecule has 2 heterocycles. The Morgan fingerprint density at radius 3 is 2.95 bits per heavy atom. The second-order valence-electron chi connectivity index (χ2n) is 6.33. The predicted molar refractivity (Wildman–Crippen MR) is 84.8 cm³/mol. The van der Waals surface area contributed by atoms with Crippen molar-refractivity contribution in [1.29, 1.82) is 0 Å². The van der Waals surface area contributed by atoms with Crippen LogP contribution >= 0.6 is 9.24 Å². The van der Waals surface area contributed by atoms with Crippen molar-refractivity contribution in [3.8, 4) is 0 Å². The number of fused-ring (bicyclic) bond motifs is 3. The van der Waals surface area contributed by atoms with Crippen molar-refractivity contribution in [1.82, 2.24) is 4.90 Å². The molecule has 0 bridgehead atoms. The number of nitrogens with zero attached hydrogens (tertiary/aromatic N) is 1. The van der Waals surface area contributed by atoms with Crippen LogP contribution in [-0.4, -0.2) is 46.3 Å². The Morgan fingerprint density at radius 1 is 1.59 bits per heavy atom. The van der Waals surface area contributed by atoms with E-state index in [9.17, 15) is 14.7 Å². The number of rotatable bonds is 4. The van der Waals surface area contributed by atoms with Crippen molar-refractivity contribution >= 4 is 21.1 Å². The molecule has 3 rings (SSSR count). The Balaban J connectivity index is 1.97. The normalized spacial score (nSPS) is 34.7. The van der Waals surface area contributed by atoms with E-state index in [-0.39, 0.29) is 41.7 Å². The third kappa shape index (κ3) is 2.14. The van der Waals surface area contributed by atoms with Gasteiger partial charge in [0.2, 0.25) is 5.91 Å². The molecule has 6 atom stereocenters. The van der Waals surface area contributed by atoms with Crippen LogP contribution in [0.1, 0.15) is 26.2 Å². The number of ether oxygens (including phenoxy) is 1. The molecule has 0 aromatic carbocycles. The van der Waals surface area contributed by atoms with E-state index in [2.05, 4.69) is 15.8 Å². The van der Waals surface area contributed by atoms with Gasteiger partial charge in [-0.1, -0.05) is 19.6 Å². The van der Waals surface area contributed by atoms with Gasteiger partial charge in [-0.15, -0.1) is 9.24 Å². The minimum Gasteiger partial charge on any atom is -0.457 e. The van der Waals surface area contributed by atoms with Gasteiger partial charge >= 0.3 is 5.97 Å². The molecule has 0 aromatic rings. The van der Waals surface area contributed by atoms with Crippen LogP contribution < -0.4 is 0 Å². The van der Waals surface area contributed by atoms with Gasteiger partial charge < -0.3 is 14.7 Å². The van der Waals surface area contributed by atoms with E-state index in [1.165, 1.54) is 6.08 Å². The predicted octanol–water partition coefficient (Wildman–Crippen LogP) is 1.23. The third-order valence-electron chi connectivity index (χ3n) is 4.96. The lowest BCUT2D eigenvalue weighted by Crippen LogP contribution is -2.63. The topological polar surface area (TPSA) is 66.8 Å². The van der Waals surface area contributed by atoms with E-state index in [0.717, 1.165) is 12.8 Å². The van der Waals surface area contributed by atoms with Crippen LogP contribution in [0.25, 0.3) is 0 Å². The largest absolute Gasteiger partial charge is 0.457 e. The summed E-state index contributed by atoms with van der Waals surface area (Å²) < 4.78 is 5.14. The smallest absolute Gasteiger partial charge is 0.355 e. The lowest BCUT2D eigenvalue weighted by atomic mass is 9.72. The quantitative estimate of drug-likeness (QED) is 0.366. The highest BCUT2D eigenvalue weighted by atomic mass is 31.0. The minimum absolute atomic E-state index is 0.00349. The molecule has 2 fully saturated rings. The number of aliphatic hydroxyl groups excluding tert-OH is 1. The highest BCUT2D eigenvalue weighted by molar-refractivity contribution is 7.17. The summed E-state index contributed by atoms with van der Waals surface area (Å²) in [5.41, 5.74) is 1.15. The lowest BCUT2D eigenvalue weighted by Gasteiger charge is -2.48. The Morgan fingerprint density at radius 2 is 2.32 bits per heavy atom. The molecule has 1 N–H and O–H groups in total. The molecular formula is C16H22NO4P. The minimum atomic E-state index is -0.649. The van der Waals surface area contributed by atoms with E-state index in [0.29, 0.717) is 12.0 Å². The fourth-order valence-electron chi connectivity index (χ4n) is 4.09. The average Bonchev–Trinajstić information content (AvgIpc) is 2.76. The highest BCUT2D eigenvalue weighted by Crippen LogP contribution is 2.53. The van der Waals surface area contributed by atoms with Gasteiger partial charge in [0.15, 0.2) is 0 Å². The first-order valence-electron chi connectivity index (χ1n) is 7.77. The van der Waals surface area contributed by atoms with Gasteiger partial charge in [-0.05, 0) is 30.5 Å². The van der Waals surface area contributed by atoms with Gasteiger partial charge in [-0.25, -0.2) is 4.79 Å². The number of hydrogen-bond donors (Lipinski definition) is 1. The van der Waals surface area contributed by atoms with Crippen LogP contribution in [-0.2, 0) is 14.3 Å². The van der Waals surface area contributed by atoms with Crippen LogP contribution in [0.2, 0.25) is 0 Å². The third-order valence-corrected chi connectivity index (χ3v) is 5.37. The molecule has 0 radical (unpaired) electrons. The summed E-state index contributed by atoms with van der Waals surface area (Å²) in [5, 5.41) is 10.4. The summed E-state index contributed by atoms with van der Waals surface area (Å²) in [6.45, 7) is 5.63. The van der Waals surface area contributed by atoms with Gasteiger partial charge in [0, 0.05) is 5.92 Å². The van der Waals surface area contributed by atoms with Crippen LogP contribution in [0.4, 0.5) is 0 Å². The summed E-state index contributed by atoms with van der Waals surface area (Å²) in [7, 11) is 2.69. The first kappa shape index (κ1) is 15.7. The molecular weight excluding hydrogens is 301 g/mol. The molecule has 1 amide bonds. The summed E-state index contributed by atoms with van der Waals surface area (Å²) in [4.78, 5) is 26.4. The first-order chi connectivity index (χ1) is 10.5. The van der Waals surface area contributed by atoms with Gasteiger partial charge in [-0.2, -0.15) is 0 Å². The summed E-state index contributed by atoms with van der Waals surface area (Å²) >= 11 is 0. The molecule has 120 valence electrons. The fraction of sp³-hybridized carbons (Fsp3) is 0.625. The van der Waals surface area contributed by atoms with Crippen molar-refractivity contribution in [2.45, 2.75) is 44.0 Å². The molecule has 1 aliphatic carbocycles. The van der Waals surface area contributed by atoms with Crippen LogP contribution in [0.5, 0.6) is 0 Å². The Labute approximate surface area is 132 Å². The Hall–Kier alpha value is -1.19. The van der Waals surface area contributed by atoms with Crippen LogP contribution in [0.3, 0.4) is 0 Å². The second kappa shape index (κ2) is 5.78. The number of amides is 1. The molecule has 0 aromatic heterocycles. The van der Waals surface area contributed by atoms with Crippen molar-refractivity contribution in [3.63, 3.8) is 0 Å². The van der Waals surface area contributed by atoms with Crippen LogP contribution in [0, 0.1) is 11.8 Å². The number of aliphatic hydroxyl groups is 1. The Kier molecular flexibility index (Phi) is 4.13. The van der Waals surface area contributed by atoms with Gasteiger partial charge in [0.05, 0.1) is 18.1 Å². The SMILES string of the molecule is C=CCOC(=O)C1=C2[C@H](O)CCC[C@@H]2[C@@H]2[C@@H]([C@@H](C)P)C(=O)N12. The number of carbonyl (C=O) groups excluding carboxylic acids is 2. The maximum absolute atomic E-state index is 12.5. The molecule has 5 nitrogen and oxygen atoms in total. The molecule has 2 aliphatic heterocycles. The van der Waals surface area contributed by atoms with Gasteiger partial charge in [0.1, 0.15) is 12.3 Å². The van der Waals surface area contributed by atoms with E-state index in [4.69, 9.17) is 4.74 Å². The average molecular weight is 323 g/mol. The molecule has 6 heteroatoms. The second-order valence-corrected chi connectivity index (χ2v) is 7.38. The molecule has 1 saturated heterocycles. The van der Waals surface area contributed by atoms with Crippen LogP contribution in [0.15, 0.2) is 23.9 Å². The van der Waals surface area contributed by atoms with E-state index >= 15 is 0 Å². The van der Waals surface area contributed by atoms with E-state index < -0.39 is 12.1 Å². The number of β-lactam (4-membered cyclic amide) rings is 1. The van der Waals surface area contributed by atoms with E-state index in [1.54, 1.807) is 4.90 Å². The molecule has 0 spiro atoms. The molecule has 3 aliphatic rings. The van der Waals surface area contributed by atoms with E-state index in [1.807, 2.05) is 6.92 Å². The monoisotopic (exact) mass is 323 g/mol. The van der Waals surface area contributed by atoms with Crippen molar-refractivity contribution in [2.24, 2.45) is 11.8 Å². The molecule has 1 saturated carbocycles. The molecule has 1 unspecified atom stereocenters. The van der Waals surface area contributed by atoms with Gasteiger partial charge in [-0.3, -0.25) is 4.79 Å². The van der Waals surface area contributed by atoms with Crippen molar-refractivity contribution in [2.75, 3.05) is 6.61 Å². The maximum atomic E-state index is 12.5. The number of hydrogen-bond acceptors (Lipinski definition) is 4. The first-order valence-corrected chi connectivity index (χ1v) is 8.44. The molecule has 22 heavy (non-hydrogen) atoms. The Bertz CT molecular complexity index is 556. The summed E-state index contributed by atoms with van der Waals surface area (Å²) in [5.74, 6) is -0.570. The van der Waals surface area contributed by atoms with Crippen molar-refractivity contribution < 1.29 is 19.4 Å². The number of esters is 1. The number of carbonyl (C=O) groups is 2. The summed E-state index contributed by atoms with van der Waals surface area (Å²) in [6, 6.07) is -0.00349. The zero-order valence-electron chi connectivity index (χ0n) is 12.7. The lowest BCUT2D eigenvalue weighted by molar-refractivity contribution is -0.157. The van der Waals surface area contributed by atoms with Gasteiger partial charge in [0.25, 0.3) is 0 Å². The summed E-state index contributed by atoms with van der Waals surface area (Å²) in [6.07, 6.45) is 3.31. The highest BCUT2D eigenvalue weighted by Gasteiger charge is 2.61. The van der Waals surface area contributed by atoms with Crippen molar-refractivity contribution in [3.05, 3.63) is 23.9 Å².